The predicted molar refractivity (Wildman–Crippen MR) is 113 cm³/mol. The summed E-state index contributed by atoms with van der Waals surface area (Å²) >= 11 is 1.43. The molecule has 2 N–H and O–H groups in total. The Morgan fingerprint density at radius 3 is 2.66 bits per heavy atom. The molecule has 0 spiro atoms. The monoisotopic (exact) mass is 414 g/mol. The second kappa shape index (κ2) is 9.69. The van der Waals surface area contributed by atoms with Crippen molar-refractivity contribution in [1.82, 2.24) is 5.32 Å². The average Bonchev–Trinajstić information content (AvgIpc) is 3.04. The van der Waals surface area contributed by atoms with Gasteiger partial charge in [-0.2, -0.15) is 0 Å². The van der Waals surface area contributed by atoms with E-state index in [2.05, 4.69) is 10.6 Å². The molecule has 2 amide bonds. The van der Waals surface area contributed by atoms with E-state index in [0.29, 0.717) is 17.1 Å². The highest BCUT2D eigenvalue weighted by Gasteiger charge is 2.27. The largest absolute Gasteiger partial charge is 0.452 e. The van der Waals surface area contributed by atoms with Gasteiger partial charge in [0.1, 0.15) is 5.00 Å². The highest BCUT2D eigenvalue weighted by Crippen LogP contribution is 2.38. The van der Waals surface area contributed by atoms with Crippen molar-refractivity contribution in [1.29, 1.82) is 0 Å². The summed E-state index contributed by atoms with van der Waals surface area (Å²) in [5, 5.41) is 6.04. The summed E-state index contributed by atoms with van der Waals surface area (Å²) in [6.07, 6.45) is 4.49. The maximum atomic E-state index is 12.7. The first kappa shape index (κ1) is 21.0. The molecule has 0 bridgehead atoms. The number of benzene rings is 1. The van der Waals surface area contributed by atoms with Crippen LogP contribution < -0.4 is 10.6 Å². The number of thiophene rings is 1. The third-order valence-corrected chi connectivity index (χ3v) is 6.18. The van der Waals surface area contributed by atoms with Gasteiger partial charge in [0.25, 0.3) is 5.91 Å². The second-order valence-electron chi connectivity index (χ2n) is 7.20. The molecule has 0 saturated heterocycles. The van der Waals surface area contributed by atoms with Crippen LogP contribution in [0.4, 0.5) is 5.00 Å². The molecule has 0 aliphatic heterocycles. The molecule has 1 heterocycles. The Bertz CT molecular complexity index is 920. The Hall–Kier alpha value is -2.67. The number of rotatable bonds is 7. The topological polar surface area (TPSA) is 84.5 Å². The van der Waals surface area contributed by atoms with Crippen LogP contribution in [0.5, 0.6) is 0 Å². The molecule has 154 valence electrons. The number of ether oxygens (including phenoxy) is 1. The van der Waals surface area contributed by atoms with Crippen LogP contribution in [0.15, 0.2) is 24.3 Å². The van der Waals surface area contributed by atoms with Gasteiger partial charge >= 0.3 is 5.97 Å². The molecule has 0 atom stereocenters. The number of carbonyl (C=O) groups is 3. The van der Waals surface area contributed by atoms with Crippen molar-refractivity contribution in [3.05, 3.63) is 51.4 Å². The summed E-state index contributed by atoms with van der Waals surface area (Å²) in [6, 6.07) is 8.02. The maximum Gasteiger partial charge on any atom is 0.341 e. The summed E-state index contributed by atoms with van der Waals surface area (Å²) in [4.78, 5) is 37.4. The van der Waals surface area contributed by atoms with Crippen molar-refractivity contribution >= 4 is 34.1 Å². The molecule has 1 aliphatic rings. The van der Waals surface area contributed by atoms with Gasteiger partial charge in [0.05, 0.1) is 5.56 Å². The van der Waals surface area contributed by atoms with E-state index in [1.807, 2.05) is 31.2 Å². The van der Waals surface area contributed by atoms with Gasteiger partial charge < -0.3 is 15.4 Å². The number of nitrogens with one attached hydrogen (secondary N) is 2. The van der Waals surface area contributed by atoms with Crippen molar-refractivity contribution in [3.63, 3.8) is 0 Å². The molecule has 0 radical (unpaired) electrons. The molecular formula is C22H26N2O4S. The fraction of sp³-hybridized carbons (Fsp3) is 0.409. The van der Waals surface area contributed by atoms with Crippen molar-refractivity contribution in [2.24, 2.45) is 0 Å². The van der Waals surface area contributed by atoms with Crippen LogP contribution in [0.2, 0.25) is 0 Å². The summed E-state index contributed by atoms with van der Waals surface area (Å²) < 4.78 is 5.27. The highest BCUT2D eigenvalue weighted by molar-refractivity contribution is 7.17. The number of fused-ring (bicyclic) bond motifs is 1. The van der Waals surface area contributed by atoms with Gasteiger partial charge in [-0.1, -0.05) is 24.3 Å². The number of esters is 1. The van der Waals surface area contributed by atoms with E-state index in [1.54, 1.807) is 0 Å². The van der Waals surface area contributed by atoms with Crippen LogP contribution in [-0.4, -0.2) is 30.9 Å². The molecule has 29 heavy (non-hydrogen) atoms. The van der Waals surface area contributed by atoms with Crippen molar-refractivity contribution in [2.45, 2.75) is 46.0 Å². The zero-order chi connectivity index (χ0) is 20.8. The molecule has 1 aliphatic carbocycles. The van der Waals surface area contributed by atoms with Crippen LogP contribution in [0.25, 0.3) is 0 Å². The number of amides is 2. The van der Waals surface area contributed by atoms with Gasteiger partial charge in [0.2, 0.25) is 5.91 Å². The van der Waals surface area contributed by atoms with E-state index < -0.39 is 5.97 Å². The molecule has 6 nitrogen and oxygen atoms in total. The summed E-state index contributed by atoms with van der Waals surface area (Å²) in [7, 11) is 0. The number of anilines is 1. The van der Waals surface area contributed by atoms with E-state index in [-0.39, 0.29) is 18.4 Å². The smallest absolute Gasteiger partial charge is 0.341 e. The lowest BCUT2D eigenvalue weighted by Gasteiger charge is -2.13. The first-order valence-corrected chi connectivity index (χ1v) is 10.7. The standard InChI is InChI=1S/C22H26N2O4S/c1-14-7-3-4-8-16(14)11-12-23-19(26)13-28-22(27)20-17-9-5-6-10-18(17)29-21(20)24-15(2)25/h3-4,7-8H,5-6,9-13H2,1-2H3,(H,23,26)(H,24,25). The zero-order valence-corrected chi connectivity index (χ0v) is 17.6. The Labute approximate surface area is 174 Å². The number of hydrogen-bond acceptors (Lipinski definition) is 5. The molecule has 0 fully saturated rings. The second-order valence-corrected chi connectivity index (χ2v) is 8.30. The van der Waals surface area contributed by atoms with E-state index in [9.17, 15) is 14.4 Å². The quantitative estimate of drug-likeness (QED) is 0.680. The molecule has 7 heteroatoms. The molecule has 2 aromatic rings. The van der Waals surface area contributed by atoms with E-state index >= 15 is 0 Å². The van der Waals surface area contributed by atoms with Crippen molar-refractivity contribution < 1.29 is 19.1 Å². The highest BCUT2D eigenvalue weighted by atomic mass is 32.1. The number of aryl methyl sites for hydroxylation is 2. The first-order chi connectivity index (χ1) is 14.0. The lowest BCUT2D eigenvalue weighted by molar-refractivity contribution is -0.124. The zero-order valence-electron chi connectivity index (χ0n) is 16.8. The van der Waals surface area contributed by atoms with Gasteiger partial charge in [-0.05, 0) is 55.7 Å². The molecular weight excluding hydrogens is 388 g/mol. The minimum atomic E-state index is -0.554. The summed E-state index contributed by atoms with van der Waals surface area (Å²) in [5.74, 6) is -1.12. The molecule has 1 aromatic heterocycles. The summed E-state index contributed by atoms with van der Waals surface area (Å²) in [5.41, 5.74) is 3.72. The van der Waals surface area contributed by atoms with Gasteiger partial charge in [-0.25, -0.2) is 4.79 Å². The SMILES string of the molecule is CC(=O)Nc1sc2c(c1C(=O)OCC(=O)NCCc1ccccc1C)CCCC2. The Morgan fingerprint density at radius 1 is 1.14 bits per heavy atom. The van der Waals surface area contributed by atoms with E-state index in [4.69, 9.17) is 4.74 Å². The van der Waals surface area contributed by atoms with Crippen LogP contribution in [0.3, 0.4) is 0 Å². The van der Waals surface area contributed by atoms with Gasteiger partial charge in [0.15, 0.2) is 6.61 Å². The first-order valence-electron chi connectivity index (χ1n) is 9.86. The molecule has 0 saturated carbocycles. The van der Waals surface area contributed by atoms with Gasteiger partial charge in [-0.3, -0.25) is 9.59 Å². The molecule has 0 unspecified atom stereocenters. The summed E-state index contributed by atoms with van der Waals surface area (Å²) in [6.45, 7) is 3.59. The Morgan fingerprint density at radius 2 is 1.90 bits per heavy atom. The van der Waals surface area contributed by atoms with Crippen LogP contribution in [-0.2, 0) is 33.6 Å². The number of carbonyl (C=O) groups excluding carboxylic acids is 3. The molecule has 1 aromatic carbocycles. The fourth-order valence-corrected chi connectivity index (χ4v) is 4.83. The normalized spacial score (nSPS) is 12.8. The van der Waals surface area contributed by atoms with Crippen LogP contribution >= 0.6 is 11.3 Å². The Balaban J connectivity index is 1.56. The Kier molecular flexibility index (Phi) is 7.04. The van der Waals surface area contributed by atoms with Crippen molar-refractivity contribution in [3.8, 4) is 0 Å². The number of hydrogen-bond donors (Lipinski definition) is 2. The van der Waals surface area contributed by atoms with Gasteiger partial charge in [0, 0.05) is 18.3 Å². The maximum absolute atomic E-state index is 12.7. The third kappa shape index (κ3) is 5.44. The van der Waals surface area contributed by atoms with Crippen molar-refractivity contribution in [2.75, 3.05) is 18.5 Å². The lowest BCUT2D eigenvalue weighted by atomic mass is 9.95. The fourth-order valence-electron chi connectivity index (χ4n) is 3.51. The lowest BCUT2D eigenvalue weighted by Crippen LogP contribution is -2.30. The minimum Gasteiger partial charge on any atom is -0.452 e. The average molecular weight is 415 g/mol. The van der Waals surface area contributed by atoms with E-state index in [1.165, 1.54) is 29.4 Å². The predicted octanol–water partition coefficient (Wildman–Crippen LogP) is 3.41. The van der Waals surface area contributed by atoms with Crippen LogP contribution in [0.1, 0.15) is 51.7 Å². The van der Waals surface area contributed by atoms with Crippen LogP contribution in [0, 0.1) is 6.92 Å². The minimum absolute atomic E-state index is 0.230. The van der Waals surface area contributed by atoms with Gasteiger partial charge in [-0.15, -0.1) is 11.3 Å². The van der Waals surface area contributed by atoms with E-state index in [0.717, 1.165) is 42.5 Å². The molecule has 3 rings (SSSR count). The third-order valence-electron chi connectivity index (χ3n) is 4.98.